The van der Waals surface area contributed by atoms with Crippen LogP contribution in [0.4, 0.5) is 9.59 Å². The summed E-state index contributed by atoms with van der Waals surface area (Å²) in [5, 5.41) is 0. The number of hydrogen-bond acceptors (Lipinski definition) is 6. The number of fused-ring (bicyclic) bond motifs is 1. The second kappa shape index (κ2) is 16.0. The van der Waals surface area contributed by atoms with Crippen molar-refractivity contribution in [3.8, 4) is 11.3 Å². The quantitative estimate of drug-likeness (QED) is 0.195. The van der Waals surface area contributed by atoms with Gasteiger partial charge in [-0.3, -0.25) is 9.80 Å². The van der Waals surface area contributed by atoms with Crippen LogP contribution >= 0.6 is 27.0 Å². The van der Waals surface area contributed by atoms with Gasteiger partial charge in [-0.05, 0) is 89.1 Å². The number of ether oxygens (including phenoxy) is 2. The number of H-pyrrole nitrogens is 2. The van der Waals surface area contributed by atoms with Crippen molar-refractivity contribution in [3.63, 3.8) is 0 Å². The number of likely N-dealkylation sites (tertiary alicyclic amines) is 2. The zero-order valence-corrected chi connectivity index (χ0v) is 29.7. The Hall–Kier alpha value is -3.90. The van der Waals surface area contributed by atoms with Gasteiger partial charge in [-0.25, -0.2) is 19.6 Å². The van der Waals surface area contributed by atoms with Gasteiger partial charge in [0.25, 0.3) is 0 Å². The molecule has 0 radical (unpaired) electrons. The summed E-state index contributed by atoms with van der Waals surface area (Å²) in [4.78, 5) is 45.2. The molecule has 2 atom stereocenters. The highest BCUT2D eigenvalue weighted by atomic mass is 32.1. The predicted octanol–water partition coefficient (Wildman–Crippen LogP) is 8.74. The summed E-state index contributed by atoms with van der Waals surface area (Å²) in [7, 11) is 0. The molecule has 12 heteroatoms. The Morgan fingerprint density at radius 2 is 1.48 bits per heavy atom. The van der Waals surface area contributed by atoms with E-state index in [0.717, 1.165) is 70.7 Å². The lowest BCUT2D eigenvalue weighted by Gasteiger charge is -2.27. The van der Waals surface area contributed by atoms with Gasteiger partial charge < -0.3 is 19.4 Å². The summed E-state index contributed by atoms with van der Waals surface area (Å²) in [6.07, 6.45) is 8.82. The minimum atomic E-state index is -0.534. The second-order valence-corrected chi connectivity index (χ2v) is 13.2. The van der Waals surface area contributed by atoms with Crippen molar-refractivity contribution in [1.82, 2.24) is 29.7 Å². The predicted molar refractivity (Wildman–Crippen MR) is 202 cm³/mol. The van der Waals surface area contributed by atoms with Crippen molar-refractivity contribution in [2.75, 3.05) is 13.1 Å². The molecule has 2 N–H and O–H groups in total. The number of aromatic amines is 2. The monoisotopic (exact) mass is 694 g/mol. The van der Waals surface area contributed by atoms with E-state index < -0.39 is 5.60 Å². The largest absolute Gasteiger partial charge is 0.447 e. The van der Waals surface area contributed by atoms with Gasteiger partial charge in [0.1, 0.15) is 17.2 Å². The Morgan fingerprint density at radius 3 is 2.12 bits per heavy atom. The fraction of sp³-hybridized carbons (Fsp3) is 0.444. The van der Waals surface area contributed by atoms with Gasteiger partial charge in [-0.2, -0.15) is 27.0 Å². The number of nitrogens with one attached hydrogen (secondary N) is 2. The molecule has 6 rings (SSSR count). The lowest BCUT2D eigenvalue weighted by atomic mass is 10.1. The first-order valence-electron chi connectivity index (χ1n) is 15.8. The molecule has 2 aliphatic heterocycles. The number of hydrogen-bond donors (Lipinski definition) is 2. The number of aromatic nitrogens is 4. The molecule has 0 saturated carbocycles. The van der Waals surface area contributed by atoms with E-state index in [1.165, 1.54) is 0 Å². The first kappa shape index (κ1) is 38.5. The van der Waals surface area contributed by atoms with Crippen LogP contribution in [0.3, 0.4) is 0 Å². The fourth-order valence-electron chi connectivity index (χ4n) is 6.06. The first-order valence-corrected chi connectivity index (χ1v) is 15.8. The molecule has 2 aliphatic rings. The number of amides is 2. The van der Waals surface area contributed by atoms with E-state index in [1.54, 1.807) is 9.80 Å². The zero-order chi connectivity index (χ0) is 31.7. The summed E-state index contributed by atoms with van der Waals surface area (Å²) in [6.45, 7) is 10.7. The van der Waals surface area contributed by atoms with Crippen molar-refractivity contribution < 1.29 is 19.1 Å². The molecule has 0 unspecified atom stereocenters. The van der Waals surface area contributed by atoms with Gasteiger partial charge in [-0.15, -0.1) is 0 Å². The van der Waals surface area contributed by atoms with Gasteiger partial charge >= 0.3 is 12.2 Å². The van der Waals surface area contributed by atoms with Gasteiger partial charge in [0.2, 0.25) is 0 Å². The maximum Gasteiger partial charge on any atom is 0.410 e. The third kappa shape index (κ3) is 8.76. The van der Waals surface area contributed by atoms with Crippen LogP contribution in [-0.4, -0.2) is 66.7 Å². The molecule has 2 amide bonds. The van der Waals surface area contributed by atoms with E-state index >= 15 is 0 Å². The maximum atomic E-state index is 12.7. The third-order valence-corrected chi connectivity index (χ3v) is 8.15. The van der Waals surface area contributed by atoms with Gasteiger partial charge in [0.15, 0.2) is 0 Å². The standard InChI is InChI=1S/C35H42N6O4.CH4.2H2S/c1-22(2)44-33(42)40-18-7-9-30(40)32-37-26-17-14-24(20-27(26)38-32)11-10-23-12-15-25(16-13-23)28-21-36-31(39-28)29-8-6-19-41(29)34(43)45-35(3,4)5;;;/h10-17,20-22,29-30H,6-9,18-19H2,1-5H3,(H,36,39)(H,37,38);1H4;2*1H2/b11-10+;;;/t29-,30-;;;/m0.../s1. The Balaban J connectivity index is 0.00000208. The van der Waals surface area contributed by atoms with Crippen molar-refractivity contribution >= 4 is 62.4 Å². The molecule has 0 spiro atoms. The minimum absolute atomic E-state index is 0. The summed E-state index contributed by atoms with van der Waals surface area (Å²) < 4.78 is 11.1. The highest BCUT2D eigenvalue weighted by Crippen LogP contribution is 2.34. The lowest BCUT2D eigenvalue weighted by molar-refractivity contribution is 0.0218. The summed E-state index contributed by atoms with van der Waals surface area (Å²) in [5.74, 6) is 1.58. The molecule has 260 valence electrons. The molecule has 0 bridgehead atoms. The number of rotatable bonds is 6. The SMILES string of the molecule is C.CC(C)OC(=O)N1CCC[C@H]1c1nc2ccc(/C=C/c3ccc(-c4cnc([C@@H]5CCCN5C(=O)OC(C)(C)C)[nH]4)cc3)cc2[nH]1.S.S. The van der Waals surface area contributed by atoms with E-state index in [0.29, 0.717) is 13.1 Å². The van der Waals surface area contributed by atoms with Crippen molar-refractivity contribution in [1.29, 1.82) is 0 Å². The topological polar surface area (TPSA) is 116 Å². The molecule has 4 aromatic rings. The van der Waals surface area contributed by atoms with E-state index in [-0.39, 0.29) is 64.8 Å². The van der Waals surface area contributed by atoms with E-state index in [4.69, 9.17) is 14.5 Å². The number of carbonyl (C=O) groups is 2. The Bertz CT molecular complexity index is 1710. The Labute approximate surface area is 297 Å². The van der Waals surface area contributed by atoms with Crippen LogP contribution in [0.1, 0.15) is 103 Å². The molecule has 4 heterocycles. The Morgan fingerprint density at radius 1 is 0.875 bits per heavy atom. The van der Waals surface area contributed by atoms with Crippen LogP contribution in [-0.2, 0) is 9.47 Å². The highest BCUT2D eigenvalue weighted by molar-refractivity contribution is 7.59. The second-order valence-electron chi connectivity index (χ2n) is 13.2. The van der Waals surface area contributed by atoms with Crippen LogP contribution in [0, 0.1) is 0 Å². The highest BCUT2D eigenvalue weighted by Gasteiger charge is 2.35. The molecule has 2 aromatic heterocycles. The van der Waals surface area contributed by atoms with Crippen LogP contribution < -0.4 is 0 Å². The average molecular weight is 695 g/mol. The maximum absolute atomic E-state index is 12.7. The van der Waals surface area contributed by atoms with Crippen LogP contribution in [0.15, 0.2) is 48.7 Å². The molecule has 48 heavy (non-hydrogen) atoms. The molecule has 2 saturated heterocycles. The third-order valence-electron chi connectivity index (χ3n) is 8.15. The number of benzene rings is 2. The van der Waals surface area contributed by atoms with E-state index in [9.17, 15) is 9.59 Å². The Kier molecular flexibility index (Phi) is 12.8. The van der Waals surface area contributed by atoms with Gasteiger partial charge in [0, 0.05) is 13.1 Å². The summed E-state index contributed by atoms with van der Waals surface area (Å²) in [5.41, 5.74) is 5.34. The number of nitrogens with zero attached hydrogens (tertiary/aromatic N) is 4. The van der Waals surface area contributed by atoms with Crippen LogP contribution in [0.25, 0.3) is 34.4 Å². The molecule has 0 aliphatic carbocycles. The van der Waals surface area contributed by atoms with Crippen LogP contribution in [0.2, 0.25) is 0 Å². The van der Waals surface area contributed by atoms with Gasteiger partial charge in [-0.1, -0.05) is 49.9 Å². The lowest BCUT2D eigenvalue weighted by Crippen LogP contribution is -2.36. The van der Waals surface area contributed by atoms with E-state index in [2.05, 4.69) is 57.4 Å². The molecular formula is C36H50N6O4S2. The first-order chi connectivity index (χ1) is 21.5. The van der Waals surface area contributed by atoms with Crippen molar-refractivity contribution in [2.45, 2.75) is 91.5 Å². The number of imidazole rings is 2. The minimum Gasteiger partial charge on any atom is -0.447 e. The fourth-order valence-corrected chi connectivity index (χ4v) is 6.06. The molecular weight excluding hydrogens is 645 g/mol. The normalized spacial score (nSPS) is 17.7. The molecule has 10 nitrogen and oxygen atoms in total. The molecule has 2 aromatic carbocycles. The average Bonchev–Trinajstić information content (AvgIpc) is 3.80. The molecule has 2 fully saturated rings. The number of carbonyl (C=O) groups excluding carboxylic acids is 2. The van der Waals surface area contributed by atoms with Gasteiger partial charge in [0.05, 0.1) is 41.1 Å². The van der Waals surface area contributed by atoms with E-state index in [1.807, 2.05) is 52.9 Å². The van der Waals surface area contributed by atoms with Crippen molar-refractivity contribution in [3.05, 3.63) is 71.4 Å². The summed E-state index contributed by atoms with van der Waals surface area (Å²) >= 11 is 0. The van der Waals surface area contributed by atoms with Crippen LogP contribution in [0.5, 0.6) is 0 Å². The summed E-state index contributed by atoms with van der Waals surface area (Å²) in [6, 6.07) is 14.2. The zero-order valence-electron chi connectivity index (χ0n) is 27.7. The smallest absolute Gasteiger partial charge is 0.410 e. The van der Waals surface area contributed by atoms with Crippen molar-refractivity contribution in [2.24, 2.45) is 0 Å².